The van der Waals surface area contributed by atoms with Crippen LogP contribution >= 0.6 is 0 Å². The normalized spacial score (nSPS) is 20.0. The highest BCUT2D eigenvalue weighted by atomic mass is 32.2. The topological polar surface area (TPSA) is 101 Å². The smallest absolute Gasteiger partial charge is 0.227 e. The van der Waals surface area contributed by atoms with Crippen LogP contribution in [0.3, 0.4) is 0 Å². The Kier molecular flexibility index (Phi) is 3.73. The van der Waals surface area contributed by atoms with E-state index in [2.05, 4.69) is 20.4 Å². The quantitative estimate of drug-likeness (QED) is 0.894. The minimum atomic E-state index is -2.94. The van der Waals surface area contributed by atoms with Gasteiger partial charge in [-0.15, -0.1) is 0 Å². The fourth-order valence-electron chi connectivity index (χ4n) is 2.39. The van der Waals surface area contributed by atoms with E-state index in [-0.39, 0.29) is 17.5 Å². The number of sulfone groups is 1. The van der Waals surface area contributed by atoms with E-state index in [4.69, 9.17) is 4.52 Å². The molecule has 0 aliphatic carbocycles. The SMILES string of the molecule is Cc1cc(Nc2ccnc(N(C)C3CCS(=O)(=O)C3)n2)no1. The largest absolute Gasteiger partial charge is 0.360 e. The van der Waals surface area contributed by atoms with Gasteiger partial charge in [0.2, 0.25) is 5.95 Å². The molecular formula is C13H17N5O3S. The van der Waals surface area contributed by atoms with Crippen LogP contribution in [-0.4, -0.2) is 48.1 Å². The van der Waals surface area contributed by atoms with Crippen molar-refractivity contribution in [2.45, 2.75) is 19.4 Å². The lowest BCUT2D eigenvalue weighted by molar-refractivity contribution is 0.400. The molecule has 2 aromatic rings. The Bertz CT molecular complexity index is 773. The molecule has 1 unspecified atom stereocenters. The number of anilines is 3. The fraction of sp³-hybridized carbons (Fsp3) is 0.462. The third-order valence-electron chi connectivity index (χ3n) is 3.60. The molecule has 0 aromatic carbocycles. The van der Waals surface area contributed by atoms with Gasteiger partial charge in [-0.25, -0.2) is 13.4 Å². The van der Waals surface area contributed by atoms with Gasteiger partial charge in [0.05, 0.1) is 11.5 Å². The molecule has 9 heteroatoms. The van der Waals surface area contributed by atoms with Gasteiger partial charge < -0.3 is 14.7 Å². The molecular weight excluding hydrogens is 306 g/mol. The predicted octanol–water partition coefficient (Wildman–Crippen LogP) is 1.14. The third-order valence-corrected chi connectivity index (χ3v) is 5.35. The van der Waals surface area contributed by atoms with Crippen molar-refractivity contribution in [3.63, 3.8) is 0 Å². The van der Waals surface area contributed by atoms with Crippen LogP contribution in [0.5, 0.6) is 0 Å². The number of hydrogen-bond acceptors (Lipinski definition) is 8. The highest BCUT2D eigenvalue weighted by Crippen LogP contribution is 2.21. The van der Waals surface area contributed by atoms with Gasteiger partial charge in [-0.05, 0) is 19.4 Å². The first kappa shape index (κ1) is 14.8. The van der Waals surface area contributed by atoms with Crippen molar-refractivity contribution in [1.82, 2.24) is 15.1 Å². The summed E-state index contributed by atoms with van der Waals surface area (Å²) in [7, 11) is -1.13. The number of rotatable bonds is 4. The molecule has 1 saturated heterocycles. The van der Waals surface area contributed by atoms with Gasteiger partial charge in [-0.1, -0.05) is 5.16 Å². The van der Waals surface area contributed by atoms with E-state index in [0.29, 0.717) is 29.8 Å². The number of aryl methyl sites for hydroxylation is 1. The summed E-state index contributed by atoms with van der Waals surface area (Å²) in [5.41, 5.74) is 0. The summed E-state index contributed by atoms with van der Waals surface area (Å²) >= 11 is 0. The minimum absolute atomic E-state index is 0.0884. The highest BCUT2D eigenvalue weighted by molar-refractivity contribution is 7.91. The molecule has 3 heterocycles. The van der Waals surface area contributed by atoms with Crippen molar-refractivity contribution in [2.24, 2.45) is 0 Å². The molecule has 3 rings (SSSR count). The van der Waals surface area contributed by atoms with Gasteiger partial charge in [-0.3, -0.25) is 0 Å². The van der Waals surface area contributed by atoms with E-state index < -0.39 is 9.84 Å². The molecule has 0 saturated carbocycles. The van der Waals surface area contributed by atoms with E-state index in [9.17, 15) is 8.42 Å². The second-order valence-corrected chi connectivity index (χ2v) is 7.59. The van der Waals surface area contributed by atoms with Crippen LogP contribution in [0.25, 0.3) is 0 Å². The average Bonchev–Trinajstić information content (AvgIpc) is 3.04. The number of aromatic nitrogens is 3. The lowest BCUT2D eigenvalue weighted by atomic mass is 10.2. The summed E-state index contributed by atoms with van der Waals surface area (Å²) in [5.74, 6) is 2.68. The zero-order chi connectivity index (χ0) is 15.7. The highest BCUT2D eigenvalue weighted by Gasteiger charge is 2.31. The molecule has 118 valence electrons. The van der Waals surface area contributed by atoms with E-state index >= 15 is 0 Å². The summed E-state index contributed by atoms with van der Waals surface area (Å²) in [6.45, 7) is 1.80. The Labute approximate surface area is 128 Å². The maximum atomic E-state index is 11.6. The molecule has 0 amide bonds. The Morgan fingerprint density at radius 1 is 1.41 bits per heavy atom. The van der Waals surface area contributed by atoms with Gasteiger partial charge in [0.25, 0.3) is 0 Å². The van der Waals surface area contributed by atoms with Crippen molar-refractivity contribution in [3.05, 3.63) is 24.1 Å². The minimum Gasteiger partial charge on any atom is -0.360 e. The molecule has 2 aromatic heterocycles. The zero-order valence-electron chi connectivity index (χ0n) is 12.4. The Morgan fingerprint density at radius 2 is 2.23 bits per heavy atom. The van der Waals surface area contributed by atoms with Crippen LogP contribution in [0.1, 0.15) is 12.2 Å². The molecule has 0 bridgehead atoms. The first-order valence-electron chi connectivity index (χ1n) is 6.89. The molecule has 0 radical (unpaired) electrons. The Morgan fingerprint density at radius 3 is 2.86 bits per heavy atom. The monoisotopic (exact) mass is 323 g/mol. The van der Waals surface area contributed by atoms with Gasteiger partial charge in [0.1, 0.15) is 11.6 Å². The van der Waals surface area contributed by atoms with Crippen molar-refractivity contribution < 1.29 is 12.9 Å². The molecule has 22 heavy (non-hydrogen) atoms. The second-order valence-electron chi connectivity index (χ2n) is 5.36. The van der Waals surface area contributed by atoms with Crippen LogP contribution < -0.4 is 10.2 Å². The van der Waals surface area contributed by atoms with Crippen LogP contribution in [-0.2, 0) is 9.84 Å². The molecule has 1 atom stereocenters. The van der Waals surface area contributed by atoms with Gasteiger partial charge in [0, 0.05) is 25.4 Å². The van der Waals surface area contributed by atoms with Crippen LogP contribution in [0, 0.1) is 6.92 Å². The lowest BCUT2D eigenvalue weighted by Gasteiger charge is -2.23. The average molecular weight is 323 g/mol. The second kappa shape index (κ2) is 5.56. The molecule has 1 fully saturated rings. The number of nitrogens with one attached hydrogen (secondary N) is 1. The molecule has 1 aliphatic rings. The summed E-state index contributed by atoms with van der Waals surface area (Å²) in [6.07, 6.45) is 2.22. The van der Waals surface area contributed by atoms with Gasteiger partial charge in [0.15, 0.2) is 15.7 Å². The maximum absolute atomic E-state index is 11.6. The number of hydrogen-bond donors (Lipinski definition) is 1. The first-order valence-corrected chi connectivity index (χ1v) is 8.72. The van der Waals surface area contributed by atoms with E-state index in [1.54, 1.807) is 25.3 Å². The predicted molar refractivity (Wildman–Crippen MR) is 82.0 cm³/mol. The van der Waals surface area contributed by atoms with E-state index in [1.807, 2.05) is 11.9 Å². The number of nitrogens with zero attached hydrogens (tertiary/aromatic N) is 4. The Balaban J connectivity index is 1.76. The van der Waals surface area contributed by atoms with E-state index in [1.165, 1.54) is 0 Å². The maximum Gasteiger partial charge on any atom is 0.227 e. The van der Waals surface area contributed by atoms with Crippen molar-refractivity contribution >= 4 is 27.4 Å². The van der Waals surface area contributed by atoms with E-state index in [0.717, 1.165) is 0 Å². The first-order chi connectivity index (χ1) is 10.4. The van der Waals surface area contributed by atoms with Crippen LogP contribution in [0.2, 0.25) is 0 Å². The summed E-state index contributed by atoms with van der Waals surface area (Å²) < 4.78 is 28.2. The summed E-state index contributed by atoms with van der Waals surface area (Å²) in [4.78, 5) is 10.4. The molecule has 8 nitrogen and oxygen atoms in total. The fourth-order valence-corrected chi connectivity index (χ4v) is 4.16. The zero-order valence-corrected chi connectivity index (χ0v) is 13.2. The molecule has 1 N–H and O–H groups in total. The molecule has 1 aliphatic heterocycles. The van der Waals surface area contributed by atoms with Gasteiger partial charge >= 0.3 is 0 Å². The van der Waals surface area contributed by atoms with Crippen molar-refractivity contribution in [2.75, 3.05) is 28.8 Å². The van der Waals surface area contributed by atoms with Crippen molar-refractivity contribution in [1.29, 1.82) is 0 Å². The summed E-state index contributed by atoms with van der Waals surface area (Å²) in [6, 6.07) is 3.39. The standard InChI is InChI=1S/C13H17N5O3S/c1-9-7-12(17-21-9)15-11-3-5-14-13(16-11)18(2)10-4-6-22(19,20)8-10/h3,5,7,10H,4,6,8H2,1-2H3,(H,14,15,16,17). The van der Waals surface area contributed by atoms with Crippen LogP contribution in [0.15, 0.2) is 22.9 Å². The lowest BCUT2D eigenvalue weighted by Crippen LogP contribution is -2.33. The summed E-state index contributed by atoms with van der Waals surface area (Å²) in [5, 5.41) is 6.87. The van der Waals surface area contributed by atoms with Crippen molar-refractivity contribution in [3.8, 4) is 0 Å². The molecule has 0 spiro atoms. The van der Waals surface area contributed by atoms with Crippen LogP contribution in [0.4, 0.5) is 17.6 Å². The van der Waals surface area contributed by atoms with Gasteiger partial charge in [-0.2, -0.15) is 4.98 Å². The third kappa shape index (κ3) is 3.19. The Hall–Kier alpha value is -2.16.